The van der Waals surface area contributed by atoms with Gasteiger partial charge in [-0.2, -0.15) is 0 Å². The molecule has 0 aliphatic carbocycles. The normalized spacial score (nSPS) is 12.4. The van der Waals surface area contributed by atoms with Crippen LogP contribution in [0, 0.1) is 5.82 Å². The minimum absolute atomic E-state index is 0.274. The summed E-state index contributed by atoms with van der Waals surface area (Å²) in [5, 5.41) is 9.49. The number of rotatable bonds is 6. The Morgan fingerprint density at radius 3 is 2.81 bits per heavy atom. The van der Waals surface area contributed by atoms with Crippen molar-refractivity contribution in [2.45, 2.75) is 12.6 Å². The highest BCUT2D eigenvalue weighted by Crippen LogP contribution is 2.30. The number of ether oxygens (including phenoxy) is 1. The van der Waals surface area contributed by atoms with Crippen LogP contribution in [0.2, 0.25) is 0 Å². The van der Waals surface area contributed by atoms with Crippen LogP contribution in [0.3, 0.4) is 0 Å². The quantitative estimate of drug-likeness (QED) is 0.887. The third kappa shape index (κ3) is 3.41. The number of carboxylic acids is 1. The van der Waals surface area contributed by atoms with Gasteiger partial charge in [0.25, 0.3) is 0 Å². The summed E-state index contributed by atoms with van der Waals surface area (Å²) in [4.78, 5) is 13.2. The molecule has 1 heterocycles. The number of carbonyl (C=O) groups is 1. The van der Waals surface area contributed by atoms with Crippen molar-refractivity contribution in [2.75, 3.05) is 14.2 Å². The molecule has 0 aliphatic rings. The van der Waals surface area contributed by atoms with Gasteiger partial charge in [0.1, 0.15) is 17.6 Å². The van der Waals surface area contributed by atoms with Crippen molar-refractivity contribution in [3.8, 4) is 5.75 Å². The second kappa shape index (κ2) is 6.41. The molecule has 1 aromatic heterocycles. The van der Waals surface area contributed by atoms with E-state index in [2.05, 4.69) is 0 Å². The molecule has 1 aromatic carbocycles. The number of halogens is 1. The first kappa shape index (κ1) is 15.1. The van der Waals surface area contributed by atoms with E-state index in [1.807, 2.05) is 0 Å². The van der Waals surface area contributed by atoms with Gasteiger partial charge in [0.05, 0.1) is 19.6 Å². The third-order valence-electron chi connectivity index (χ3n) is 3.17. The zero-order valence-electron chi connectivity index (χ0n) is 11.7. The lowest BCUT2D eigenvalue weighted by molar-refractivity contribution is -0.143. The largest absolute Gasteiger partial charge is 0.496 e. The number of methoxy groups -OCH3 is 1. The molecular weight excluding hydrogens is 277 g/mol. The number of furan rings is 1. The fraction of sp³-hybridized carbons (Fsp3) is 0.267. The molecule has 0 spiro atoms. The maximum absolute atomic E-state index is 13.5. The van der Waals surface area contributed by atoms with Crippen LogP contribution in [-0.4, -0.2) is 30.1 Å². The number of nitrogens with zero attached hydrogens (tertiary/aromatic N) is 1. The molecule has 112 valence electrons. The fourth-order valence-electron chi connectivity index (χ4n) is 2.24. The zero-order valence-corrected chi connectivity index (χ0v) is 11.7. The Morgan fingerprint density at radius 2 is 2.24 bits per heavy atom. The molecule has 0 aliphatic heterocycles. The van der Waals surface area contributed by atoms with E-state index in [4.69, 9.17) is 9.15 Å². The standard InChI is InChI=1S/C15H16FNO4/c1-17(8-10-5-6-21-9-10)14(15(18)19)12-7-11(16)3-4-13(12)20-2/h3-7,9,14H,8H2,1-2H3,(H,18,19)/t14-/m0/s1. The van der Waals surface area contributed by atoms with Crippen molar-refractivity contribution in [3.05, 3.63) is 53.7 Å². The first-order valence-corrected chi connectivity index (χ1v) is 6.30. The van der Waals surface area contributed by atoms with Crippen molar-refractivity contribution in [1.29, 1.82) is 0 Å². The highest BCUT2D eigenvalue weighted by Gasteiger charge is 2.28. The monoisotopic (exact) mass is 293 g/mol. The topological polar surface area (TPSA) is 62.9 Å². The lowest BCUT2D eigenvalue weighted by atomic mass is 10.0. The van der Waals surface area contributed by atoms with Gasteiger partial charge in [0, 0.05) is 17.7 Å². The summed E-state index contributed by atoms with van der Waals surface area (Å²) in [6.07, 6.45) is 3.06. The minimum atomic E-state index is -1.08. The Labute approximate surface area is 121 Å². The Hall–Kier alpha value is -2.34. The first-order chi connectivity index (χ1) is 10.0. The molecule has 0 bridgehead atoms. The van der Waals surface area contributed by atoms with E-state index in [0.717, 1.165) is 5.56 Å². The van der Waals surface area contributed by atoms with Crippen LogP contribution < -0.4 is 4.74 Å². The van der Waals surface area contributed by atoms with Crippen LogP contribution in [0.1, 0.15) is 17.2 Å². The molecule has 0 unspecified atom stereocenters. The second-order valence-electron chi connectivity index (χ2n) is 4.67. The van der Waals surface area contributed by atoms with Crippen molar-refractivity contribution >= 4 is 5.97 Å². The average Bonchev–Trinajstić information content (AvgIpc) is 2.91. The third-order valence-corrected chi connectivity index (χ3v) is 3.17. The second-order valence-corrected chi connectivity index (χ2v) is 4.67. The van der Waals surface area contributed by atoms with Crippen LogP contribution >= 0.6 is 0 Å². The summed E-state index contributed by atoms with van der Waals surface area (Å²) in [7, 11) is 3.07. The molecule has 2 aromatic rings. The van der Waals surface area contributed by atoms with Crippen LogP contribution in [0.25, 0.3) is 0 Å². The summed E-state index contributed by atoms with van der Waals surface area (Å²) in [6, 6.07) is 4.57. The van der Waals surface area contributed by atoms with Gasteiger partial charge >= 0.3 is 5.97 Å². The zero-order chi connectivity index (χ0) is 15.4. The molecule has 0 saturated heterocycles. The van der Waals surface area contributed by atoms with Gasteiger partial charge in [-0.1, -0.05) is 0 Å². The average molecular weight is 293 g/mol. The van der Waals surface area contributed by atoms with Gasteiger partial charge in [-0.25, -0.2) is 4.39 Å². The van der Waals surface area contributed by atoms with Crippen molar-refractivity contribution < 1.29 is 23.4 Å². The van der Waals surface area contributed by atoms with Crippen LogP contribution in [-0.2, 0) is 11.3 Å². The lowest BCUT2D eigenvalue weighted by Crippen LogP contribution is -2.30. The Morgan fingerprint density at radius 1 is 1.48 bits per heavy atom. The summed E-state index contributed by atoms with van der Waals surface area (Å²) < 4.78 is 23.6. The van der Waals surface area contributed by atoms with E-state index in [1.54, 1.807) is 18.0 Å². The van der Waals surface area contributed by atoms with Gasteiger partial charge in [-0.05, 0) is 31.3 Å². The molecule has 0 fully saturated rings. The first-order valence-electron chi connectivity index (χ1n) is 6.30. The molecule has 21 heavy (non-hydrogen) atoms. The van der Waals surface area contributed by atoms with Gasteiger partial charge < -0.3 is 14.3 Å². The summed E-state index contributed by atoms with van der Waals surface area (Å²) in [6.45, 7) is 0.354. The molecule has 5 nitrogen and oxygen atoms in total. The molecule has 0 saturated carbocycles. The number of hydrogen-bond donors (Lipinski definition) is 1. The SMILES string of the molecule is COc1ccc(F)cc1[C@@H](C(=O)O)N(C)Cc1ccoc1. The van der Waals surface area contributed by atoms with Gasteiger partial charge in [0.2, 0.25) is 0 Å². The highest BCUT2D eigenvalue weighted by molar-refractivity contribution is 5.76. The van der Waals surface area contributed by atoms with Crippen LogP contribution in [0.5, 0.6) is 5.75 Å². The molecule has 1 N–H and O–H groups in total. The van der Waals surface area contributed by atoms with E-state index in [9.17, 15) is 14.3 Å². The van der Waals surface area contributed by atoms with Gasteiger partial charge in [-0.15, -0.1) is 0 Å². The summed E-state index contributed by atoms with van der Waals surface area (Å²) in [5.41, 5.74) is 1.11. The molecule has 1 atom stereocenters. The molecule has 0 radical (unpaired) electrons. The van der Waals surface area contributed by atoms with Crippen molar-refractivity contribution in [2.24, 2.45) is 0 Å². The smallest absolute Gasteiger partial charge is 0.325 e. The molecule has 6 heteroatoms. The van der Waals surface area contributed by atoms with E-state index < -0.39 is 17.8 Å². The number of likely N-dealkylation sites (N-methyl/N-ethyl adjacent to an activating group) is 1. The maximum Gasteiger partial charge on any atom is 0.325 e. The van der Waals surface area contributed by atoms with E-state index >= 15 is 0 Å². The van der Waals surface area contributed by atoms with Crippen LogP contribution in [0.15, 0.2) is 41.2 Å². The predicted molar refractivity (Wildman–Crippen MR) is 73.5 cm³/mol. The molecular formula is C15H16FNO4. The summed E-state index contributed by atoms with van der Waals surface area (Å²) in [5.74, 6) is -1.25. The summed E-state index contributed by atoms with van der Waals surface area (Å²) >= 11 is 0. The minimum Gasteiger partial charge on any atom is -0.496 e. The number of benzene rings is 1. The number of hydrogen-bond acceptors (Lipinski definition) is 4. The lowest BCUT2D eigenvalue weighted by Gasteiger charge is -2.25. The molecule has 0 amide bonds. The molecule has 2 rings (SSSR count). The Kier molecular flexibility index (Phi) is 4.59. The number of aliphatic carboxylic acids is 1. The Balaban J connectivity index is 2.34. The van der Waals surface area contributed by atoms with Crippen LogP contribution in [0.4, 0.5) is 4.39 Å². The van der Waals surface area contributed by atoms with Crippen molar-refractivity contribution in [3.63, 3.8) is 0 Å². The van der Waals surface area contributed by atoms with E-state index in [0.29, 0.717) is 12.3 Å². The maximum atomic E-state index is 13.5. The Bertz CT molecular complexity index is 612. The van der Waals surface area contributed by atoms with E-state index in [1.165, 1.54) is 37.8 Å². The fourth-order valence-corrected chi connectivity index (χ4v) is 2.24. The van der Waals surface area contributed by atoms with E-state index in [-0.39, 0.29) is 5.56 Å². The van der Waals surface area contributed by atoms with Gasteiger partial charge in [0.15, 0.2) is 0 Å². The van der Waals surface area contributed by atoms with Crippen molar-refractivity contribution in [1.82, 2.24) is 4.90 Å². The predicted octanol–water partition coefficient (Wildman–Crippen LogP) is 2.69. The number of carboxylic acid groups (broad SMARTS) is 1. The van der Waals surface area contributed by atoms with Gasteiger partial charge in [-0.3, -0.25) is 9.69 Å². The highest BCUT2D eigenvalue weighted by atomic mass is 19.1.